The molecule has 0 rings (SSSR count). The first-order valence-corrected chi connectivity index (χ1v) is 12.3. The SMILES string of the molecule is CO[Si](CCCNCC(O[Si](C)(C)C)C(=O)O)(OC)OC. The summed E-state index contributed by atoms with van der Waals surface area (Å²) < 4.78 is 21.6. The zero-order valence-corrected chi connectivity index (χ0v) is 15.9. The molecule has 0 spiro atoms. The smallest absolute Gasteiger partial charge is 0.479 e. The minimum Gasteiger partial charge on any atom is -0.479 e. The molecule has 7 nitrogen and oxygen atoms in total. The van der Waals surface area contributed by atoms with Gasteiger partial charge < -0.3 is 28.1 Å². The van der Waals surface area contributed by atoms with Crippen LogP contribution in [0.25, 0.3) is 0 Å². The molecule has 0 aromatic heterocycles. The predicted molar refractivity (Wildman–Crippen MR) is 84.9 cm³/mol. The van der Waals surface area contributed by atoms with Crippen molar-refractivity contribution in [3.05, 3.63) is 0 Å². The van der Waals surface area contributed by atoms with E-state index in [0.29, 0.717) is 19.1 Å². The van der Waals surface area contributed by atoms with E-state index in [1.54, 1.807) is 21.3 Å². The van der Waals surface area contributed by atoms with Gasteiger partial charge in [-0.1, -0.05) is 0 Å². The van der Waals surface area contributed by atoms with Crippen molar-refractivity contribution in [1.82, 2.24) is 5.32 Å². The van der Waals surface area contributed by atoms with Gasteiger partial charge in [0.1, 0.15) is 0 Å². The van der Waals surface area contributed by atoms with Gasteiger partial charge in [-0.15, -0.1) is 0 Å². The molecule has 0 bridgehead atoms. The van der Waals surface area contributed by atoms with E-state index in [2.05, 4.69) is 5.32 Å². The van der Waals surface area contributed by atoms with Crippen molar-refractivity contribution < 1.29 is 27.6 Å². The topological polar surface area (TPSA) is 86.3 Å². The highest BCUT2D eigenvalue weighted by molar-refractivity contribution is 6.69. The minimum absolute atomic E-state index is 0.293. The summed E-state index contributed by atoms with van der Waals surface area (Å²) in [5, 5.41) is 12.2. The Bertz CT molecular complexity index is 298. The average molecular weight is 340 g/mol. The molecule has 126 valence electrons. The Hall–Kier alpha value is -0.296. The van der Waals surface area contributed by atoms with Gasteiger partial charge in [0.05, 0.1) is 0 Å². The summed E-state index contributed by atoms with van der Waals surface area (Å²) in [5.41, 5.74) is 0. The zero-order chi connectivity index (χ0) is 16.5. The van der Waals surface area contributed by atoms with Gasteiger partial charge in [0.25, 0.3) is 0 Å². The maximum atomic E-state index is 11.1. The summed E-state index contributed by atoms with van der Waals surface area (Å²) in [5.74, 6) is -0.931. The van der Waals surface area contributed by atoms with Crippen LogP contribution in [0.3, 0.4) is 0 Å². The van der Waals surface area contributed by atoms with Crippen molar-refractivity contribution in [2.75, 3.05) is 34.4 Å². The number of carboxylic acids is 1. The number of hydrogen-bond acceptors (Lipinski definition) is 6. The average Bonchev–Trinajstić information content (AvgIpc) is 2.41. The first kappa shape index (κ1) is 20.7. The van der Waals surface area contributed by atoms with E-state index in [9.17, 15) is 4.79 Å². The fraction of sp³-hybridized carbons (Fsp3) is 0.917. The van der Waals surface area contributed by atoms with Gasteiger partial charge in [-0.05, 0) is 32.6 Å². The molecule has 0 amide bonds. The summed E-state index contributed by atoms with van der Waals surface area (Å²) in [6, 6.07) is 0.677. The third-order valence-electron chi connectivity index (χ3n) is 2.87. The zero-order valence-electron chi connectivity index (χ0n) is 13.9. The summed E-state index contributed by atoms with van der Waals surface area (Å²) >= 11 is 0. The second-order valence-corrected chi connectivity index (χ2v) is 13.2. The van der Waals surface area contributed by atoms with Crippen LogP contribution in [0.5, 0.6) is 0 Å². The van der Waals surface area contributed by atoms with Crippen LogP contribution in [-0.4, -0.2) is 68.7 Å². The highest BCUT2D eigenvalue weighted by Gasteiger charge is 2.36. The van der Waals surface area contributed by atoms with Gasteiger partial charge in [-0.25, -0.2) is 4.79 Å². The standard InChI is InChI=1S/C12H29NO6Si2/c1-16-21(17-2,18-3)9-7-8-13-10-11(12(14)15)19-20(4,5)6/h11,13H,7-10H2,1-6H3,(H,14,15). The lowest BCUT2D eigenvalue weighted by molar-refractivity contribution is -0.145. The lowest BCUT2D eigenvalue weighted by atomic mass is 10.3. The molecule has 2 N–H and O–H groups in total. The van der Waals surface area contributed by atoms with Gasteiger partial charge in [-0.3, -0.25) is 0 Å². The maximum Gasteiger partial charge on any atom is 0.500 e. The summed E-state index contributed by atoms with van der Waals surface area (Å²) in [6.07, 6.45) is -0.0213. The normalized spacial score (nSPS) is 14.2. The molecule has 0 fully saturated rings. The predicted octanol–water partition coefficient (Wildman–Crippen LogP) is 1.15. The quantitative estimate of drug-likeness (QED) is 0.407. The Morgan fingerprint density at radius 2 is 1.67 bits per heavy atom. The Labute approximate surface area is 129 Å². The molecule has 9 heteroatoms. The molecule has 0 aliphatic heterocycles. The van der Waals surface area contributed by atoms with Crippen molar-refractivity contribution >= 4 is 23.1 Å². The summed E-state index contributed by atoms with van der Waals surface area (Å²) in [6.45, 7) is 6.86. The largest absolute Gasteiger partial charge is 0.500 e. The highest BCUT2D eigenvalue weighted by Crippen LogP contribution is 2.14. The number of rotatable bonds is 12. The molecule has 0 aromatic rings. The Balaban J connectivity index is 4.09. The van der Waals surface area contributed by atoms with Crippen LogP contribution in [-0.2, 0) is 22.5 Å². The highest BCUT2D eigenvalue weighted by atomic mass is 28.4. The van der Waals surface area contributed by atoms with Gasteiger partial charge in [0, 0.05) is 33.9 Å². The fourth-order valence-corrected chi connectivity index (χ4v) is 4.59. The molecule has 0 heterocycles. The van der Waals surface area contributed by atoms with Crippen LogP contribution in [0.4, 0.5) is 0 Å². The van der Waals surface area contributed by atoms with E-state index in [-0.39, 0.29) is 0 Å². The van der Waals surface area contributed by atoms with Gasteiger partial charge in [0.15, 0.2) is 14.4 Å². The summed E-state index contributed by atoms with van der Waals surface area (Å²) in [4.78, 5) is 11.1. The van der Waals surface area contributed by atoms with Crippen LogP contribution >= 0.6 is 0 Å². The van der Waals surface area contributed by atoms with Crippen LogP contribution in [0, 0.1) is 0 Å². The van der Waals surface area contributed by atoms with E-state index in [1.165, 1.54) is 0 Å². The first-order valence-electron chi connectivity index (χ1n) is 6.96. The number of aliphatic carboxylic acids is 1. The van der Waals surface area contributed by atoms with Gasteiger partial charge >= 0.3 is 14.8 Å². The third kappa shape index (κ3) is 8.66. The van der Waals surface area contributed by atoms with E-state index in [4.69, 9.17) is 22.8 Å². The van der Waals surface area contributed by atoms with Crippen LogP contribution in [0.1, 0.15) is 6.42 Å². The fourth-order valence-electron chi connectivity index (χ4n) is 1.83. The number of carboxylic acid groups (broad SMARTS) is 1. The maximum absolute atomic E-state index is 11.1. The van der Waals surface area contributed by atoms with E-state index in [0.717, 1.165) is 6.42 Å². The molecule has 1 unspecified atom stereocenters. The van der Waals surface area contributed by atoms with Gasteiger partial charge in [-0.2, -0.15) is 0 Å². The van der Waals surface area contributed by atoms with Crippen LogP contribution < -0.4 is 5.32 Å². The molecule has 0 radical (unpaired) electrons. The lowest BCUT2D eigenvalue weighted by Crippen LogP contribution is -2.44. The Morgan fingerprint density at radius 1 is 1.14 bits per heavy atom. The lowest BCUT2D eigenvalue weighted by Gasteiger charge is -2.25. The van der Waals surface area contributed by atoms with E-state index < -0.39 is 29.2 Å². The van der Waals surface area contributed by atoms with E-state index >= 15 is 0 Å². The molecule has 0 aliphatic carbocycles. The molecule has 0 aliphatic rings. The molecule has 0 aromatic carbocycles. The Morgan fingerprint density at radius 3 is 2.05 bits per heavy atom. The van der Waals surface area contributed by atoms with Crippen molar-refractivity contribution in [3.63, 3.8) is 0 Å². The van der Waals surface area contributed by atoms with Crippen molar-refractivity contribution in [2.24, 2.45) is 0 Å². The molecular weight excluding hydrogens is 310 g/mol. The second-order valence-electron chi connectivity index (χ2n) is 5.66. The minimum atomic E-state index is -2.54. The number of hydrogen-bond donors (Lipinski definition) is 2. The Kier molecular flexibility index (Phi) is 9.53. The molecule has 21 heavy (non-hydrogen) atoms. The van der Waals surface area contributed by atoms with Gasteiger partial charge in [0.2, 0.25) is 0 Å². The summed E-state index contributed by atoms with van der Waals surface area (Å²) in [7, 11) is 0.327. The monoisotopic (exact) mass is 339 g/mol. The molecule has 1 atom stereocenters. The third-order valence-corrected chi connectivity index (χ3v) is 6.69. The first-order chi connectivity index (χ1) is 9.69. The van der Waals surface area contributed by atoms with E-state index in [1.807, 2.05) is 19.6 Å². The van der Waals surface area contributed by atoms with Crippen LogP contribution in [0.2, 0.25) is 25.7 Å². The number of carbonyl (C=O) groups is 1. The van der Waals surface area contributed by atoms with Crippen molar-refractivity contribution in [1.29, 1.82) is 0 Å². The molecule has 0 saturated carbocycles. The van der Waals surface area contributed by atoms with Crippen molar-refractivity contribution in [3.8, 4) is 0 Å². The molecule has 0 saturated heterocycles. The van der Waals surface area contributed by atoms with Crippen molar-refractivity contribution in [2.45, 2.75) is 38.2 Å². The number of nitrogens with one attached hydrogen (secondary N) is 1. The van der Waals surface area contributed by atoms with Crippen LogP contribution in [0.15, 0.2) is 0 Å². The molecular formula is C12H29NO6Si2. The second kappa shape index (κ2) is 9.67.